The molecule has 29 heavy (non-hydrogen) atoms. The highest BCUT2D eigenvalue weighted by Gasteiger charge is 2.45. The molecule has 5 atom stereocenters. The number of aliphatic hydroxyl groups excluding tert-OH is 2. The lowest BCUT2D eigenvalue weighted by atomic mass is 9.99. The van der Waals surface area contributed by atoms with Crippen molar-refractivity contribution in [2.75, 3.05) is 13.2 Å². The Morgan fingerprint density at radius 2 is 1.48 bits per heavy atom. The van der Waals surface area contributed by atoms with E-state index in [1.807, 2.05) is 60.7 Å². The van der Waals surface area contributed by atoms with Crippen LogP contribution >= 0.6 is 0 Å². The Bertz CT molecular complexity index is 721. The summed E-state index contributed by atoms with van der Waals surface area (Å²) in [6, 6.07) is 19.3. The maximum atomic E-state index is 10.7. The van der Waals surface area contributed by atoms with Crippen LogP contribution in [0.25, 0.3) is 0 Å². The van der Waals surface area contributed by atoms with E-state index in [9.17, 15) is 10.2 Å². The van der Waals surface area contributed by atoms with Crippen LogP contribution < -0.4 is 0 Å². The van der Waals surface area contributed by atoms with E-state index in [2.05, 4.69) is 6.58 Å². The summed E-state index contributed by atoms with van der Waals surface area (Å²) in [4.78, 5) is 0. The fourth-order valence-corrected chi connectivity index (χ4v) is 3.15. The van der Waals surface area contributed by atoms with Crippen molar-refractivity contribution in [3.8, 4) is 0 Å². The van der Waals surface area contributed by atoms with Gasteiger partial charge in [0.15, 0.2) is 6.29 Å². The Balaban J connectivity index is 1.59. The van der Waals surface area contributed by atoms with Crippen LogP contribution in [0.4, 0.5) is 0 Å². The normalized spacial score (nSPS) is 26.9. The first kappa shape index (κ1) is 21.6. The molecule has 0 saturated carbocycles. The summed E-state index contributed by atoms with van der Waals surface area (Å²) >= 11 is 0. The lowest BCUT2D eigenvalue weighted by Gasteiger charge is -2.42. The molecule has 2 N–H and O–H groups in total. The molecule has 0 aliphatic carbocycles. The molecule has 0 aromatic heterocycles. The van der Waals surface area contributed by atoms with Gasteiger partial charge in [-0.25, -0.2) is 0 Å². The zero-order chi connectivity index (χ0) is 20.5. The van der Waals surface area contributed by atoms with E-state index < -0.39 is 30.7 Å². The average molecular weight is 400 g/mol. The molecule has 0 spiro atoms. The van der Waals surface area contributed by atoms with Gasteiger partial charge in [0.05, 0.1) is 26.4 Å². The third kappa shape index (κ3) is 6.21. The predicted molar refractivity (Wildman–Crippen MR) is 108 cm³/mol. The predicted octanol–water partition coefficient (Wildman–Crippen LogP) is 2.44. The van der Waals surface area contributed by atoms with E-state index in [1.165, 1.54) is 0 Å². The van der Waals surface area contributed by atoms with Crippen molar-refractivity contribution < 1.29 is 29.2 Å². The molecule has 3 rings (SSSR count). The van der Waals surface area contributed by atoms with E-state index in [0.717, 1.165) is 11.1 Å². The number of rotatable bonds is 10. The monoisotopic (exact) mass is 400 g/mol. The fourth-order valence-electron chi connectivity index (χ4n) is 3.15. The van der Waals surface area contributed by atoms with Crippen LogP contribution in [-0.2, 0) is 32.2 Å². The van der Waals surface area contributed by atoms with E-state index in [1.54, 1.807) is 6.08 Å². The van der Waals surface area contributed by atoms with E-state index in [-0.39, 0.29) is 19.8 Å². The van der Waals surface area contributed by atoms with Gasteiger partial charge in [-0.3, -0.25) is 0 Å². The van der Waals surface area contributed by atoms with Gasteiger partial charge < -0.3 is 29.2 Å². The molecule has 1 aliphatic rings. The first-order valence-corrected chi connectivity index (χ1v) is 9.70. The van der Waals surface area contributed by atoms with Gasteiger partial charge in [0.25, 0.3) is 0 Å². The summed E-state index contributed by atoms with van der Waals surface area (Å²) in [6.45, 7) is 4.64. The molecule has 0 bridgehead atoms. The van der Waals surface area contributed by atoms with Gasteiger partial charge in [-0.2, -0.15) is 0 Å². The number of hydrogen-bond donors (Lipinski definition) is 2. The molecule has 0 unspecified atom stereocenters. The molecule has 0 radical (unpaired) electrons. The molecular formula is C23H28O6. The highest BCUT2D eigenvalue weighted by atomic mass is 16.7. The molecule has 2 aromatic carbocycles. The van der Waals surface area contributed by atoms with Gasteiger partial charge in [-0.15, -0.1) is 6.58 Å². The van der Waals surface area contributed by atoms with E-state index in [4.69, 9.17) is 18.9 Å². The Morgan fingerprint density at radius 1 is 0.862 bits per heavy atom. The molecule has 6 nitrogen and oxygen atoms in total. The summed E-state index contributed by atoms with van der Waals surface area (Å²) in [5.41, 5.74) is 1.96. The number of hydrogen-bond acceptors (Lipinski definition) is 6. The smallest absolute Gasteiger partial charge is 0.187 e. The number of ether oxygens (including phenoxy) is 4. The summed E-state index contributed by atoms with van der Waals surface area (Å²) in [5.74, 6) is 0. The van der Waals surface area contributed by atoms with Gasteiger partial charge in [-0.05, 0) is 11.1 Å². The van der Waals surface area contributed by atoms with Crippen molar-refractivity contribution in [1.82, 2.24) is 0 Å². The third-order valence-electron chi connectivity index (χ3n) is 4.70. The van der Waals surface area contributed by atoms with Crippen molar-refractivity contribution in [3.05, 3.63) is 84.4 Å². The second-order valence-corrected chi connectivity index (χ2v) is 6.91. The van der Waals surface area contributed by atoms with Crippen LogP contribution in [0.2, 0.25) is 0 Å². The van der Waals surface area contributed by atoms with E-state index >= 15 is 0 Å². The number of benzene rings is 2. The van der Waals surface area contributed by atoms with Crippen LogP contribution in [0.3, 0.4) is 0 Å². The number of aliphatic hydroxyl groups is 2. The molecule has 1 saturated heterocycles. The average Bonchev–Trinajstić information content (AvgIpc) is 2.76. The summed E-state index contributed by atoms with van der Waals surface area (Å²) in [7, 11) is 0. The van der Waals surface area contributed by atoms with Crippen LogP contribution in [0, 0.1) is 0 Å². The standard InChI is InChI=1S/C23H28O6/c1-2-13-27-23-22(28-15-18-11-7-4-8-12-18)21(25)20(24)19(29-23)16-26-14-17-9-5-3-6-10-17/h2-12,19-25H,1,13-16H2/t19-,20-,21+,22+,23+/m1/s1. The van der Waals surface area contributed by atoms with Crippen molar-refractivity contribution in [1.29, 1.82) is 0 Å². The second-order valence-electron chi connectivity index (χ2n) is 6.91. The first-order chi connectivity index (χ1) is 14.2. The highest BCUT2D eigenvalue weighted by Crippen LogP contribution is 2.26. The Morgan fingerprint density at radius 3 is 2.10 bits per heavy atom. The zero-order valence-electron chi connectivity index (χ0n) is 16.3. The van der Waals surface area contributed by atoms with Crippen molar-refractivity contribution in [2.45, 2.75) is 43.9 Å². The Hall–Kier alpha value is -2.06. The SMILES string of the molecule is C=CCO[C@H]1O[C@H](COCc2ccccc2)[C@@H](O)[C@H](O)[C@@H]1OCc1ccccc1. The Kier molecular flexibility index (Phi) is 8.37. The van der Waals surface area contributed by atoms with Gasteiger partial charge in [0.1, 0.15) is 24.4 Å². The zero-order valence-corrected chi connectivity index (χ0v) is 16.3. The highest BCUT2D eigenvalue weighted by molar-refractivity contribution is 5.14. The third-order valence-corrected chi connectivity index (χ3v) is 4.70. The van der Waals surface area contributed by atoms with Crippen LogP contribution in [0.5, 0.6) is 0 Å². The molecule has 1 fully saturated rings. The molecule has 156 valence electrons. The minimum absolute atomic E-state index is 0.118. The van der Waals surface area contributed by atoms with Crippen molar-refractivity contribution in [2.24, 2.45) is 0 Å². The quantitative estimate of drug-likeness (QED) is 0.597. The lowest BCUT2D eigenvalue weighted by Crippen LogP contribution is -2.60. The maximum Gasteiger partial charge on any atom is 0.187 e. The molecule has 6 heteroatoms. The summed E-state index contributed by atoms with van der Waals surface area (Å²) in [6.07, 6.45) is -3.16. The van der Waals surface area contributed by atoms with Crippen LogP contribution in [-0.4, -0.2) is 54.1 Å². The summed E-state index contributed by atoms with van der Waals surface area (Å²) in [5, 5.41) is 21.2. The van der Waals surface area contributed by atoms with Crippen molar-refractivity contribution in [3.63, 3.8) is 0 Å². The molecule has 1 heterocycles. The lowest BCUT2D eigenvalue weighted by molar-refractivity contribution is -0.311. The molecule has 1 aliphatic heterocycles. The van der Waals surface area contributed by atoms with Crippen LogP contribution in [0.1, 0.15) is 11.1 Å². The fraction of sp³-hybridized carbons (Fsp3) is 0.391. The first-order valence-electron chi connectivity index (χ1n) is 9.70. The summed E-state index contributed by atoms with van der Waals surface area (Å²) < 4.78 is 23.1. The molecular weight excluding hydrogens is 372 g/mol. The minimum Gasteiger partial charge on any atom is -0.387 e. The topological polar surface area (TPSA) is 77.4 Å². The van der Waals surface area contributed by atoms with Crippen molar-refractivity contribution >= 4 is 0 Å². The van der Waals surface area contributed by atoms with Gasteiger partial charge in [0, 0.05) is 0 Å². The van der Waals surface area contributed by atoms with Gasteiger partial charge in [-0.1, -0.05) is 66.7 Å². The van der Waals surface area contributed by atoms with E-state index in [0.29, 0.717) is 6.61 Å². The maximum absolute atomic E-state index is 10.7. The Labute approximate surface area is 171 Å². The molecule has 2 aromatic rings. The molecule has 0 amide bonds. The van der Waals surface area contributed by atoms with Gasteiger partial charge >= 0.3 is 0 Å². The van der Waals surface area contributed by atoms with Gasteiger partial charge in [0.2, 0.25) is 0 Å². The largest absolute Gasteiger partial charge is 0.387 e. The minimum atomic E-state index is -1.17. The van der Waals surface area contributed by atoms with Crippen LogP contribution in [0.15, 0.2) is 73.3 Å². The second kappa shape index (κ2) is 11.2.